The topological polar surface area (TPSA) is 84.6 Å². The van der Waals surface area contributed by atoms with Gasteiger partial charge in [-0.2, -0.15) is 0 Å². The van der Waals surface area contributed by atoms with Gasteiger partial charge in [0.15, 0.2) is 6.10 Å². The second kappa shape index (κ2) is 7.78. The van der Waals surface area contributed by atoms with Gasteiger partial charge in [0.25, 0.3) is 5.91 Å². The van der Waals surface area contributed by atoms with Gasteiger partial charge >= 0.3 is 0 Å². The highest BCUT2D eigenvalue weighted by molar-refractivity contribution is 5.82. The highest BCUT2D eigenvalue weighted by atomic mass is 16.5. The molecule has 1 aromatic heterocycles. The van der Waals surface area contributed by atoms with Gasteiger partial charge in [0, 0.05) is 18.5 Å². The van der Waals surface area contributed by atoms with Crippen molar-refractivity contribution >= 4 is 5.91 Å². The summed E-state index contributed by atoms with van der Waals surface area (Å²) in [6, 6.07) is 6.81. The van der Waals surface area contributed by atoms with Crippen molar-refractivity contribution in [1.29, 1.82) is 0 Å². The molecular formula is C17H22N2O4. The molecule has 0 saturated heterocycles. The molecule has 0 aliphatic carbocycles. The Morgan fingerprint density at radius 3 is 2.83 bits per heavy atom. The van der Waals surface area contributed by atoms with Crippen LogP contribution in [0.15, 0.2) is 28.8 Å². The van der Waals surface area contributed by atoms with Crippen LogP contribution >= 0.6 is 0 Å². The molecule has 6 nitrogen and oxygen atoms in total. The summed E-state index contributed by atoms with van der Waals surface area (Å²) >= 11 is 0. The molecular weight excluding hydrogens is 296 g/mol. The van der Waals surface area contributed by atoms with Crippen LogP contribution in [0.3, 0.4) is 0 Å². The zero-order chi connectivity index (χ0) is 16.8. The molecule has 0 aliphatic heterocycles. The molecule has 2 N–H and O–H groups in total. The molecule has 1 amide bonds. The normalized spacial score (nSPS) is 12.0. The lowest BCUT2D eigenvalue weighted by Gasteiger charge is -2.13. The summed E-state index contributed by atoms with van der Waals surface area (Å²) < 4.78 is 10.4. The molecule has 1 aromatic carbocycles. The van der Waals surface area contributed by atoms with Gasteiger partial charge in [0.1, 0.15) is 11.5 Å². The number of amides is 1. The Kier molecular flexibility index (Phi) is 5.76. The Balaban J connectivity index is 2.05. The second-order valence-electron chi connectivity index (χ2n) is 5.14. The van der Waals surface area contributed by atoms with E-state index >= 15 is 0 Å². The maximum atomic E-state index is 12.2. The first-order valence-electron chi connectivity index (χ1n) is 7.66. The summed E-state index contributed by atoms with van der Waals surface area (Å²) in [4.78, 5) is 12.2. The first-order valence-corrected chi connectivity index (χ1v) is 7.66. The molecule has 0 aliphatic rings. The summed E-state index contributed by atoms with van der Waals surface area (Å²) in [6.07, 6.45) is 0.184. The maximum absolute atomic E-state index is 12.2. The standard InChI is InChI=1S/C17H22N2O4/c1-4-14-13(15(5-2)23-19-14)10-18-17(21)16(20)11-7-6-8-12(9-11)22-3/h6-9,16,20H,4-5,10H2,1-3H3,(H,18,21). The van der Waals surface area contributed by atoms with Crippen molar-refractivity contribution in [2.45, 2.75) is 39.3 Å². The molecule has 124 valence electrons. The van der Waals surface area contributed by atoms with Crippen molar-refractivity contribution in [2.75, 3.05) is 7.11 Å². The van der Waals surface area contributed by atoms with E-state index in [1.54, 1.807) is 24.3 Å². The van der Waals surface area contributed by atoms with E-state index in [0.717, 1.165) is 23.4 Å². The lowest BCUT2D eigenvalue weighted by Crippen LogP contribution is -2.29. The Morgan fingerprint density at radius 2 is 2.17 bits per heavy atom. The van der Waals surface area contributed by atoms with Gasteiger partial charge < -0.3 is 19.7 Å². The number of ether oxygens (including phenoxy) is 1. The Hall–Kier alpha value is -2.34. The number of nitrogens with one attached hydrogen (secondary N) is 1. The van der Waals surface area contributed by atoms with E-state index in [9.17, 15) is 9.90 Å². The summed E-state index contributed by atoms with van der Waals surface area (Å²) in [5.74, 6) is 0.886. The molecule has 23 heavy (non-hydrogen) atoms. The number of hydrogen-bond acceptors (Lipinski definition) is 5. The predicted molar refractivity (Wildman–Crippen MR) is 85.1 cm³/mol. The number of hydrogen-bond donors (Lipinski definition) is 2. The van der Waals surface area contributed by atoms with Crippen LogP contribution in [0.2, 0.25) is 0 Å². The van der Waals surface area contributed by atoms with Crippen LogP contribution in [-0.2, 0) is 24.2 Å². The fourth-order valence-corrected chi connectivity index (χ4v) is 2.37. The van der Waals surface area contributed by atoms with Crippen molar-refractivity contribution < 1.29 is 19.2 Å². The van der Waals surface area contributed by atoms with Crippen molar-refractivity contribution in [2.24, 2.45) is 0 Å². The van der Waals surface area contributed by atoms with Crippen LogP contribution in [0.1, 0.15) is 42.5 Å². The van der Waals surface area contributed by atoms with Gasteiger partial charge in [0.2, 0.25) is 0 Å². The second-order valence-corrected chi connectivity index (χ2v) is 5.14. The number of methoxy groups -OCH3 is 1. The lowest BCUT2D eigenvalue weighted by molar-refractivity contribution is -0.129. The maximum Gasteiger partial charge on any atom is 0.253 e. The molecule has 0 fully saturated rings. The van der Waals surface area contributed by atoms with Crippen molar-refractivity contribution in [3.05, 3.63) is 46.8 Å². The quantitative estimate of drug-likeness (QED) is 0.817. The third-order valence-corrected chi connectivity index (χ3v) is 3.70. The summed E-state index contributed by atoms with van der Waals surface area (Å²) in [6.45, 7) is 4.24. The van der Waals surface area contributed by atoms with Crippen LogP contribution in [0.5, 0.6) is 5.75 Å². The van der Waals surface area contributed by atoms with Crippen LogP contribution in [0.25, 0.3) is 0 Å². The third kappa shape index (κ3) is 3.90. The zero-order valence-electron chi connectivity index (χ0n) is 13.6. The van der Waals surface area contributed by atoms with Gasteiger partial charge in [-0.05, 0) is 24.1 Å². The van der Waals surface area contributed by atoms with Gasteiger partial charge in [-0.25, -0.2) is 0 Å². The van der Waals surface area contributed by atoms with E-state index in [2.05, 4.69) is 10.5 Å². The number of nitrogens with zero attached hydrogens (tertiary/aromatic N) is 1. The van der Waals surface area contributed by atoms with Crippen molar-refractivity contribution in [3.63, 3.8) is 0 Å². The molecule has 0 bridgehead atoms. The summed E-state index contributed by atoms with van der Waals surface area (Å²) in [5.41, 5.74) is 2.21. The van der Waals surface area contributed by atoms with E-state index in [-0.39, 0.29) is 6.54 Å². The lowest BCUT2D eigenvalue weighted by atomic mass is 10.1. The number of aliphatic hydroxyl groups is 1. The van der Waals surface area contributed by atoms with Crippen LogP contribution in [-0.4, -0.2) is 23.3 Å². The minimum Gasteiger partial charge on any atom is -0.497 e. The van der Waals surface area contributed by atoms with E-state index < -0.39 is 12.0 Å². The Labute approximate surface area is 135 Å². The first kappa shape index (κ1) is 17.0. The van der Waals surface area contributed by atoms with E-state index in [4.69, 9.17) is 9.26 Å². The van der Waals surface area contributed by atoms with Gasteiger partial charge in [-0.15, -0.1) is 0 Å². The number of carbonyl (C=O) groups is 1. The number of benzene rings is 1. The fourth-order valence-electron chi connectivity index (χ4n) is 2.37. The molecule has 0 saturated carbocycles. The summed E-state index contributed by atoms with van der Waals surface area (Å²) in [5, 5.41) is 16.9. The fraction of sp³-hybridized carbons (Fsp3) is 0.412. The largest absolute Gasteiger partial charge is 0.497 e. The van der Waals surface area contributed by atoms with E-state index in [0.29, 0.717) is 17.7 Å². The Bertz CT molecular complexity index is 645. The average Bonchev–Trinajstić information content (AvgIpc) is 3.00. The van der Waals surface area contributed by atoms with Crippen molar-refractivity contribution in [1.82, 2.24) is 10.5 Å². The van der Waals surface area contributed by atoms with Crippen LogP contribution in [0.4, 0.5) is 0 Å². The number of aromatic nitrogens is 1. The van der Waals surface area contributed by atoms with Gasteiger partial charge in [0.05, 0.1) is 12.8 Å². The molecule has 1 unspecified atom stereocenters. The zero-order valence-corrected chi connectivity index (χ0v) is 13.6. The predicted octanol–water partition coefficient (Wildman–Crippen LogP) is 2.16. The molecule has 0 radical (unpaired) electrons. The minimum absolute atomic E-state index is 0.287. The van der Waals surface area contributed by atoms with E-state index in [1.807, 2.05) is 13.8 Å². The van der Waals surface area contributed by atoms with Gasteiger partial charge in [-0.3, -0.25) is 4.79 Å². The van der Waals surface area contributed by atoms with Crippen molar-refractivity contribution in [3.8, 4) is 5.75 Å². The third-order valence-electron chi connectivity index (χ3n) is 3.70. The molecule has 1 atom stereocenters. The first-order chi connectivity index (χ1) is 11.1. The molecule has 2 rings (SSSR count). The molecule has 6 heteroatoms. The monoisotopic (exact) mass is 318 g/mol. The smallest absolute Gasteiger partial charge is 0.253 e. The minimum atomic E-state index is -1.25. The number of rotatable bonds is 7. The number of carbonyl (C=O) groups excluding carboxylic acids is 1. The van der Waals surface area contributed by atoms with Crippen LogP contribution < -0.4 is 10.1 Å². The number of aryl methyl sites for hydroxylation is 2. The molecule has 1 heterocycles. The SMILES string of the molecule is CCc1noc(CC)c1CNC(=O)C(O)c1cccc(OC)c1. The van der Waals surface area contributed by atoms with Gasteiger partial charge in [-0.1, -0.05) is 31.1 Å². The van der Waals surface area contributed by atoms with Crippen LogP contribution in [0, 0.1) is 0 Å². The Morgan fingerprint density at radius 1 is 1.39 bits per heavy atom. The highest BCUT2D eigenvalue weighted by Crippen LogP contribution is 2.20. The number of aliphatic hydroxyl groups excluding tert-OH is 1. The highest BCUT2D eigenvalue weighted by Gasteiger charge is 2.20. The van der Waals surface area contributed by atoms with E-state index in [1.165, 1.54) is 7.11 Å². The molecule has 2 aromatic rings. The molecule has 0 spiro atoms. The average molecular weight is 318 g/mol. The summed E-state index contributed by atoms with van der Waals surface area (Å²) in [7, 11) is 1.54.